The lowest BCUT2D eigenvalue weighted by Gasteiger charge is -2.09. The van der Waals surface area contributed by atoms with Gasteiger partial charge in [0.25, 0.3) is 0 Å². The SMILES string of the molecule is Cc1cccc(NC(=O)CSc2nnc3c(n2)[nH]c2ccc(F)cc23)c1C. The normalized spacial score (nSPS) is 11.2. The van der Waals surface area contributed by atoms with Gasteiger partial charge in [0, 0.05) is 16.6 Å². The van der Waals surface area contributed by atoms with Gasteiger partial charge in [0.2, 0.25) is 11.1 Å². The number of nitrogens with one attached hydrogen (secondary N) is 2. The van der Waals surface area contributed by atoms with Gasteiger partial charge in [0.1, 0.15) is 11.3 Å². The van der Waals surface area contributed by atoms with Crippen molar-refractivity contribution in [1.29, 1.82) is 0 Å². The highest BCUT2D eigenvalue weighted by Crippen LogP contribution is 2.24. The molecule has 0 aliphatic rings. The number of anilines is 1. The molecule has 27 heavy (non-hydrogen) atoms. The molecule has 0 bridgehead atoms. The predicted octanol–water partition coefficient (Wildman–Crippen LogP) is 3.99. The van der Waals surface area contributed by atoms with Gasteiger partial charge >= 0.3 is 0 Å². The topological polar surface area (TPSA) is 83.6 Å². The molecule has 136 valence electrons. The molecule has 6 nitrogen and oxygen atoms in total. The molecule has 2 aromatic carbocycles. The Balaban J connectivity index is 1.49. The number of hydrogen-bond acceptors (Lipinski definition) is 5. The third-order valence-electron chi connectivity index (χ3n) is 4.37. The van der Waals surface area contributed by atoms with Crippen LogP contribution in [-0.2, 0) is 4.79 Å². The highest BCUT2D eigenvalue weighted by Gasteiger charge is 2.12. The molecule has 4 rings (SSSR count). The van der Waals surface area contributed by atoms with E-state index in [1.165, 1.54) is 23.9 Å². The van der Waals surface area contributed by atoms with E-state index in [0.717, 1.165) is 22.3 Å². The minimum Gasteiger partial charge on any atom is -0.338 e. The van der Waals surface area contributed by atoms with Crippen molar-refractivity contribution in [3.05, 3.63) is 53.3 Å². The number of H-pyrrole nitrogens is 1. The zero-order valence-corrected chi connectivity index (χ0v) is 15.5. The van der Waals surface area contributed by atoms with E-state index in [1.807, 2.05) is 32.0 Å². The molecule has 0 aliphatic carbocycles. The summed E-state index contributed by atoms with van der Waals surface area (Å²) in [6.07, 6.45) is 0. The van der Waals surface area contributed by atoms with Gasteiger partial charge in [-0.3, -0.25) is 4.79 Å². The zero-order valence-electron chi connectivity index (χ0n) is 14.7. The molecule has 0 fully saturated rings. The van der Waals surface area contributed by atoms with Gasteiger partial charge in [-0.1, -0.05) is 23.9 Å². The molecule has 4 aromatic rings. The first-order valence-electron chi connectivity index (χ1n) is 8.32. The Morgan fingerprint density at radius 2 is 2.07 bits per heavy atom. The van der Waals surface area contributed by atoms with E-state index in [-0.39, 0.29) is 17.5 Å². The first kappa shape index (κ1) is 17.4. The van der Waals surface area contributed by atoms with Crippen LogP contribution in [0.4, 0.5) is 10.1 Å². The van der Waals surface area contributed by atoms with Gasteiger partial charge in [-0.05, 0) is 49.2 Å². The minimum absolute atomic E-state index is 0.142. The van der Waals surface area contributed by atoms with Crippen LogP contribution >= 0.6 is 11.8 Å². The molecule has 0 atom stereocenters. The number of nitrogens with zero attached hydrogens (tertiary/aromatic N) is 3. The van der Waals surface area contributed by atoms with Crippen LogP contribution in [0.15, 0.2) is 41.6 Å². The third-order valence-corrected chi connectivity index (χ3v) is 5.21. The van der Waals surface area contributed by atoms with E-state index in [4.69, 9.17) is 0 Å². The van der Waals surface area contributed by atoms with Crippen molar-refractivity contribution in [3.63, 3.8) is 0 Å². The summed E-state index contributed by atoms with van der Waals surface area (Å²) < 4.78 is 13.4. The van der Waals surface area contributed by atoms with Crippen molar-refractivity contribution in [2.45, 2.75) is 19.0 Å². The number of halogens is 1. The summed E-state index contributed by atoms with van der Waals surface area (Å²) >= 11 is 1.19. The first-order valence-corrected chi connectivity index (χ1v) is 9.30. The van der Waals surface area contributed by atoms with E-state index in [2.05, 4.69) is 25.5 Å². The summed E-state index contributed by atoms with van der Waals surface area (Å²) in [6.45, 7) is 3.97. The maximum absolute atomic E-state index is 13.4. The maximum Gasteiger partial charge on any atom is 0.234 e. The lowest BCUT2D eigenvalue weighted by atomic mass is 10.1. The predicted molar refractivity (Wildman–Crippen MR) is 104 cm³/mol. The lowest BCUT2D eigenvalue weighted by Crippen LogP contribution is -2.15. The van der Waals surface area contributed by atoms with Crippen molar-refractivity contribution in [2.75, 3.05) is 11.1 Å². The number of aromatic nitrogens is 4. The number of hydrogen-bond donors (Lipinski definition) is 2. The summed E-state index contributed by atoms with van der Waals surface area (Å²) in [6, 6.07) is 10.2. The Morgan fingerprint density at radius 3 is 2.93 bits per heavy atom. The number of aromatic amines is 1. The Kier molecular flexibility index (Phi) is 4.49. The smallest absolute Gasteiger partial charge is 0.234 e. The highest BCUT2D eigenvalue weighted by atomic mass is 32.2. The second-order valence-electron chi connectivity index (χ2n) is 6.19. The second-order valence-corrected chi connectivity index (χ2v) is 7.13. The van der Waals surface area contributed by atoms with E-state index in [1.54, 1.807) is 6.07 Å². The molecule has 0 unspecified atom stereocenters. The van der Waals surface area contributed by atoms with E-state index in [0.29, 0.717) is 21.7 Å². The summed E-state index contributed by atoms with van der Waals surface area (Å²) in [5.74, 6) is -0.321. The fourth-order valence-corrected chi connectivity index (χ4v) is 3.38. The molecule has 0 saturated heterocycles. The van der Waals surface area contributed by atoms with Crippen LogP contribution in [-0.4, -0.2) is 31.8 Å². The molecule has 2 heterocycles. The van der Waals surface area contributed by atoms with Gasteiger partial charge in [0.15, 0.2) is 5.65 Å². The molecule has 2 aromatic heterocycles. The van der Waals surface area contributed by atoms with Crippen molar-refractivity contribution in [2.24, 2.45) is 0 Å². The second kappa shape index (κ2) is 6.96. The minimum atomic E-state index is -0.341. The summed E-state index contributed by atoms with van der Waals surface area (Å²) in [7, 11) is 0. The molecular formula is C19H16FN5OS. The molecule has 2 N–H and O–H groups in total. The number of amides is 1. The highest BCUT2D eigenvalue weighted by molar-refractivity contribution is 7.99. The lowest BCUT2D eigenvalue weighted by molar-refractivity contribution is -0.113. The molecule has 0 spiro atoms. The van der Waals surface area contributed by atoms with Crippen molar-refractivity contribution >= 4 is 45.4 Å². The fraction of sp³-hybridized carbons (Fsp3) is 0.158. The van der Waals surface area contributed by atoms with Crippen LogP contribution in [0, 0.1) is 19.7 Å². The van der Waals surface area contributed by atoms with Crippen LogP contribution in [0.3, 0.4) is 0 Å². The van der Waals surface area contributed by atoms with Crippen LogP contribution in [0.1, 0.15) is 11.1 Å². The molecular weight excluding hydrogens is 365 g/mol. The third kappa shape index (κ3) is 3.48. The number of benzene rings is 2. The standard InChI is InChI=1S/C19H16FN5OS/c1-10-4-3-5-14(11(10)2)21-16(26)9-27-19-23-18-17(24-25-19)13-8-12(20)6-7-15(13)22-18/h3-8H,9H2,1-2H3,(H,21,26)(H,22,23,25). The Hall–Kier alpha value is -3.00. The van der Waals surface area contributed by atoms with Crippen LogP contribution in [0.2, 0.25) is 0 Å². The molecule has 0 radical (unpaired) electrons. The maximum atomic E-state index is 13.4. The quantitative estimate of drug-likeness (QED) is 0.522. The number of carbonyl (C=O) groups is 1. The van der Waals surface area contributed by atoms with Crippen molar-refractivity contribution in [1.82, 2.24) is 20.2 Å². The van der Waals surface area contributed by atoms with Gasteiger partial charge in [-0.25, -0.2) is 9.37 Å². The van der Waals surface area contributed by atoms with Gasteiger partial charge in [0.05, 0.1) is 5.75 Å². The van der Waals surface area contributed by atoms with Crippen LogP contribution in [0.25, 0.3) is 22.1 Å². The van der Waals surface area contributed by atoms with E-state index in [9.17, 15) is 9.18 Å². The summed E-state index contributed by atoms with van der Waals surface area (Å²) in [5.41, 5.74) is 4.72. The summed E-state index contributed by atoms with van der Waals surface area (Å²) in [5, 5.41) is 12.1. The summed E-state index contributed by atoms with van der Waals surface area (Å²) in [4.78, 5) is 19.7. The van der Waals surface area contributed by atoms with Gasteiger partial charge in [-0.15, -0.1) is 10.2 Å². The van der Waals surface area contributed by atoms with E-state index >= 15 is 0 Å². The van der Waals surface area contributed by atoms with Crippen LogP contribution < -0.4 is 5.32 Å². The monoisotopic (exact) mass is 381 g/mol. The van der Waals surface area contributed by atoms with Crippen molar-refractivity contribution < 1.29 is 9.18 Å². The van der Waals surface area contributed by atoms with Crippen molar-refractivity contribution in [3.8, 4) is 0 Å². The Morgan fingerprint density at radius 1 is 1.22 bits per heavy atom. The number of fused-ring (bicyclic) bond motifs is 3. The number of rotatable bonds is 4. The first-order chi connectivity index (χ1) is 13.0. The molecule has 8 heteroatoms. The average Bonchev–Trinajstić information content (AvgIpc) is 3.01. The number of carbonyl (C=O) groups excluding carboxylic acids is 1. The molecule has 1 amide bonds. The zero-order chi connectivity index (χ0) is 19.0. The van der Waals surface area contributed by atoms with E-state index < -0.39 is 0 Å². The Bertz CT molecular complexity index is 1170. The average molecular weight is 381 g/mol. The fourth-order valence-electron chi connectivity index (χ4n) is 2.79. The largest absolute Gasteiger partial charge is 0.338 e. The van der Waals surface area contributed by atoms with Crippen LogP contribution in [0.5, 0.6) is 0 Å². The molecule has 0 aliphatic heterocycles. The molecule has 0 saturated carbocycles. The number of aryl methyl sites for hydroxylation is 1. The Labute approximate surface area is 158 Å². The van der Waals surface area contributed by atoms with Gasteiger partial charge < -0.3 is 10.3 Å². The van der Waals surface area contributed by atoms with Gasteiger partial charge in [-0.2, -0.15) is 0 Å². The number of thioether (sulfide) groups is 1.